The third kappa shape index (κ3) is 3.78. The minimum atomic E-state index is -0.578. The second-order valence-electron chi connectivity index (χ2n) is 4.39. The van der Waals surface area contributed by atoms with Crippen molar-refractivity contribution >= 4 is 15.9 Å². The number of rotatable bonds is 5. The van der Waals surface area contributed by atoms with E-state index in [1.54, 1.807) is 12.1 Å². The average molecular weight is 359 g/mol. The summed E-state index contributed by atoms with van der Waals surface area (Å²) in [5.74, 6) is -0.850. The van der Waals surface area contributed by atoms with Gasteiger partial charge < -0.3 is 14.9 Å². The summed E-state index contributed by atoms with van der Waals surface area (Å²) in [5.41, 5.74) is 0.725. The van der Waals surface area contributed by atoms with E-state index in [1.807, 2.05) is 0 Å². The molecular formula is C15H13BrF2O3. The quantitative estimate of drug-likeness (QED) is 0.862. The first-order chi connectivity index (χ1) is 10.0. The normalized spacial score (nSPS) is 10.7. The highest BCUT2D eigenvalue weighted by Crippen LogP contribution is 2.27. The Morgan fingerprint density at radius 3 is 2.10 bits per heavy atom. The topological polar surface area (TPSA) is 49.7 Å². The lowest BCUT2D eigenvalue weighted by molar-refractivity contribution is 0.239. The maximum absolute atomic E-state index is 13.7. The Balaban J connectivity index is 2.26. The van der Waals surface area contributed by atoms with Gasteiger partial charge in [-0.25, -0.2) is 8.78 Å². The van der Waals surface area contributed by atoms with Crippen molar-refractivity contribution in [3.63, 3.8) is 0 Å². The highest BCUT2D eigenvalue weighted by atomic mass is 79.9. The largest absolute Gasteiger partial charge is 0.488 e. The Morgan fingerprint density at radius 2 is 1.57 bits per heavy atom. The first kappa shape index (κ1) is 15.9. The molecule has 0 spiro atoms. The van der Waals surface area contributed by atoms with Gasteiger partial charge in [-0.2, -0.15) is 0 Å². The molecule has 0 aliphatic heterocycles. The molecule has 0 aromatic heterocycles. The molecule has 0 heterocycles. The van der Waals surface area contributed by atoms with Crippen LogP contribution in [-0.2, 0) is 19.8 Å². The van der Waals surface area contributed by atoms with Gasteiger partial charge in [0.25, 0.3) is 0 Å². The molecule has 21 heavy (non-hydrogen) atoms. The average Bonchev–Trinajstić information content (AvgIpc) is 2.46. The smallest absolute Gasteiger partial charge is 0.131 e. The van der Waals surface area contributed by atoms with Crippen LogP contribution in [0, 0.1) is 11.6 Å². The van der Waals surface area contributed by atoms with E-state index in [2.05, 4.69) is 15.9 Å². The Bertz CT molecular complexity index is 622. The number of ether oxygens (including phenoxy) is 1. The Labute approximate surface area is 128 Å². The molecule has 112 valence electrons. The molecule has 0 atom stereocenters. The molecule has 6 heteroatoms. The summed E-state index contributed by atoms with van der Waals surface area (Å²) in [6.07, 6.45) is 0. The van der Waals surface area contributed by atoms with Crippen LogP contribution in [0.15, 0.2) is 34.8 Å². The van der Waals surface area contributed by atoms with Crippen molar-refractivity contribution < 1.29 is 23.7 Å². The summed E-state index contributed by atoms with van der Waals surface area (Å²) in [6.45, 7) is -0.976. The zero-order valence-corrected chi connectivity index (χ0v) is 12.5. The maximum Gasteiger partial charge on any atom is 0.131 e. The Kier molecular flexibility index (Phi) is 5.27. The van der Waals surface area contributed by atoms with Crippen LogP contribution in [0.4, 0.5) is 8.78 Å². The van der Waals surface area contributed by atoms with Crippen molar-refractivity contribution in [1.29, 1.82) is 0 Å². The van der Waals surface area contributed by atoms with E-state index in [0.29, 0.717) is 10.0 Å². The van der Waals surface area contributed by atoms with Gasteiger partial charge in [0.05, 0.1) is 13.2 Å². The molecule has 2 aromatic rings. The van der Waals surface area contributed by atoms with Crippen LogP contribution in [0.2, 0.25) is 0 Å². The molecule has 0 radical (unpaired) electrons. The fraction of sp³-hybridized carbons (Fsp3) is 0.200. The zero-order chi connectivity index (χ0) is 15.4. The number of aliphatic hydroxyl groups is 2. The van der Waals surface area contributed by atoms with Gasteiger partial charge in [0.1, 0.15) is 24.0 Å². The van der Waals surface area contributed by atoms with Gasteiger partial charge in [0.2, 0.25) is 0 Å². The number of aliphatic hydroxyl groups excluding tert-OH is 2. The standard InChI is InChI=1S/C15H13BrF2O3/c16-12-2-1-9(14(18)5-12)8-21-15-10(6-19)3-13(17)4-11(15)7-20/h1-5,19-20H,6-8H2. The van der Waals surface area contributed by atoms with Crippen LogP contribution < -0.4 is 4.74 Å². The van der Waals surface area contributed by atoms with E-state index in [1.165, 1.54) is 6.07 Å². The fourth-order valence-corrected chi connectivity index (χ4v) is 2.25. The third-order valence-electron chi connectivity index (χ3n) is 2.94. The highest BCUT2D eigenvalue weighted by molar-refractivity contribution is 9.10. The number of benzene rings is 2. The molecule has 0 saturated carbocycles. The molecule has 0 aliphatic carbocycles. The second kappa shape index (κ2) is 6.98. The van der Waals surface area contributed by atoms with Crippen LogP contribution in [0.5, 0.6) is 5.75 Å². The van der Waals surface area contributed by atoms with Crippen LogP contribution in [0.3, 0.4) is 0 Å². The van der Waals surface area contributed by atoms with Gasteiger partial charge in [-0.1, -0.05) is 22.0 Å². The molecule has 3 nitrogen and oxygen atoms in total. The summed E-state index contributed by atoms with van der Waals surface area (Å²) in [6, 6.07) is 6.77. The molecule has 2 rings (SSSR count). The zero-order valence-electron chi connectivity index (χ0n) is 10.9. The SMILES string of the molecule is OCc1cc(F)cc(CO)c1OCc1ccc(Br)cc1F. The van der Waals surface area contributed by atoms with Gasteiger partial charge in [-0.15, -0.1) is 0 Å². The van der Waals surface area contributed by atoms with Crippen LogP contribution in [0.25, 0.3) is 0 Å². The van der Waals surface area contributed by atoms with Crippen molar-refractivity contribution in [3.8, 4) is 5.75 Å². The minimum absolute atomic E-state index is 0.0925. The second-order valence-corrected chi connectivity index (χ2v) is 5.31. The Hall–Kier alpha value is -1.50. The van der Waals surface area contributed by atoms with Gasteiger partial charge in [-0.3, -0.25) is 0 Å². The number of hydrogen-bond donors (Lipinski definition) is 2. The Morgan fingerprint density at radius 1 is 0.952 bits per heavy atom. The summed E-state index contributed by atoms with van der Waals surface area (Å²) < 4.78 is 33.1. The molecule has 0 saturated heterocycles. The van der Waals surface area contributed by atoms with E-state index in [-0.39, 0.29) is 23.5 Å². The van der Waals surface area contributed by atoms with Crippen molar-refractivity contribution in [2.24, 2.45) is 0 Å². The summed E-state index contributed by atoms with van der Waals surface area (Å²) >= 11 is 3.16. The monoisotopic (exact) mass is 358 g/mol. The molecule has 0 aliphatic rings. The third-order valence-corrected chi connectivity index (χ3v) is 3.43. The van der Waals surface area contributed by atoms with Crippen molar-refractivity contribution in [2.75, 3.05) is 0 Å². The van der Waals surface area contributed by atoms with Gasteiger partial charge in [-0.05, 0) is 24.3 Å². The summed E-state index contributed by atoms with van der Waals surface area (Å²) in [5, 5.41) is 18.5. The van der Waals surface area contributed by atoms with E-state index < -0.39 is 24.8 Å². The van der Waals surface area contributed by atoms with Crippen LogP contribution in [0.1, 0.15) is 16.7 Å². The lowest BCUT2D eigenvalue weighted by Gasteiger charge is -2.14. The van der Waals surface area contributed by atoms with Gasteiger partial charge in [0.15, 0.2) is 0 Å². The van der Waals surface area contributed by atoms with E-state index in [0.717, 1.165) is 12.1 Å². The first-order valence-electron chi connectivity index (χ1n) is 6.15. The summed E-state index contributed by atoms with van der Waals surface area (Å²) in [7, 11) is 0. The lowest BCUT2D eigenvalue weighted by atomic mass is 10.1. The number of halogens is 3. The van der Waals surface area contributed by atoms with E-state index >= 15 is 0 Å². The number of hydrogen-bond acceptors (Lipinski definition) is 3. The van der Waals surface area contributed by atoms with E-state index in [9.17, 15) is 19.0 Å². The predicted octanol–water partition coefficient (Wildman–Crippen LogP) is 3.29. The van der Waals surface area contributed by atoms with Crippen LogP contribution >= 0.6 is 15.9 Å². The molecule has 0 amide bonds. The van der Waals surface area contributed by atoms with E-state index in [4.69, 9.17) is 4.74 Å². The first-order valence-corrected chi connectivity index (χ1v) is 6.94. The molecular weight excluding hydrogens is 346 g/mol. The fourth-order valence-electron chi connectivity index (χ4n) is 1.92. The maximum atomic E-state index is 13.7. The van der Waals surface area contributed by atoms with Crippen LogP contribution in [-0.4, -0.2) is 10.2 Å². The van der Waals surface area contributed by atoms with Gasteiger partial charge >= 0.3 is 0 Å². The molecule has 2 N–H and O–H groups in total. The van der Waals surface area contributed by atoms with Crippen molar-refractivity contribution in [2.45, 2.75) is 19.8 Å². The highest BCUT2D eigenvalue weighted by Gasteiger charge is 2.13. The minimum Gasteiger partial charge on any atom is -0.488 e. The summed E-state index contributed by atoms with van der Waals surface area (Å²) in [4.78, 5) is 0. The van der Waals surface area contributed by atoms with Gasteiger partial charge in [0, 0.05) is 21.2 Å². The lowest BCUT2D eigenvalue weighted by Crippen LogP contribution is -2.05. The molecule has 0 unspecified atom stereocenters. The molecule has 2 aromatic carbocycles. The predicted molar refractivity (Wildman–Crippen MR) is 76.7 cm³/mol. The molecule has 0 fully saturated rings. The van der Waals surface area contributed by atoms with Crippen molar-refractivity contribution in [1.82, 2.24) is 0 Å². The molecule has 0 bridgehead atoms. The van der Waals surface area contributed by atoms with Crippen molar-refractivity contribution in [3.05, 3.63) is 63.1 Å².